The Morgan fingerprint density at radius 3 is 2.94 bits per heavy atom. The van der Waals surface area contributed by atoms with Gasteiger partial charge in [0.2, 0.25) is 0 Å². The Balaban J connectivity index is 2.11. The van der Waals surface area contributed by atoms with Crippen molar-refractivity contribution in [2.24, 2.45) is 5.73 Å². The van der Waals surface area contributed by atoms with E-state index in [2.05, 4.69) is 10.1 Å². The predicted octanol–water partition coefficient (Wildman–Crippen LogP) is 2.07. The molecule has 2 N–H and O–H groups in total. The minimum absolute atomic E-state index is 0.203. The van der Waals surface area contributed by atoms with E-state index in [0.29, 0.717) is 29.0 Å². The zero-order valence-corrected chi connectivity index (χ0v) is 10.1. The Morgan fingerprint density at radius 1 is 1.47 bits per heavy atom. The van der Waals surface area contributed by atoms with E-state index < -0.39 is 0 Å². The average Bonchev–Trinajstić information content (AvgIpc) is 2.72. The van der Waals surface area contributed by atoms with Crippen molar-refractivity contribution in [1.29, 1.82) is 0 Å². The SMILES string of the molecule is Cc1noc(COc2cccc(Cl)c2CN)n1. The van der Waals surface area contributed by atoms with Gasteiger partial charge in [0.05, 0.1) is 0 Å². The van der Waals surface area contributed by atoms with E-state index >= 15 is 0 Å². The third-order valence-corrected chi connectivity index (χ3v) is 2.55. The normalized spacial score (nSPS) is 10.5. The van der Waals surface area contributed by atoms with Crippen molar-refractivity contribution in [2.75, 3.05) is 0 Å². The van der Waals surface area contributed by atoms with Gasteiger partial charge in [-0.15, -0.1) is 0 Å². The van der Waals surface area contributed by atoms with Crippen LogP contribution in [0, 0.1) is 6.92 Å². The van der Waals surface area contributed by atoms with Crippen LogP contribution in [0.15, 0.2) is 22.7 Å². The first kappa shape index (κ1) is 11.9. The van der Waals surface area contributed by atoms with Gasteiger partial charge in [-0.1, -0.05) is 22.8 Å². The topological polar surface area (TPSA) is 74.2 Å². The van der Waals surface area contributed by atoms with Gasteiger partial charge in [-0.3, -0.25) is 0 Å². The Morgan fingerprint density at radius 2 is 2.29 bits per heavy atom. The monoisotopic (exact) mass is 253 g/mol. The van der Waals surface area contributed by atoms with Gasteiger partial charge in [-0.05, 0) is 19.1 Å². The van der Waals surface area contributed by atoms with Gasteiger partial charge < -0.3 is 15.0 Å². The summed E-state index contributed by atoms with van der Waals surface area (Å²) >= 11 is 6.00. The van der Waals surface area contributed by atoms with Gasteiger partial charge in [0, 0.05) is 17.1 Å². The highest BCUT2D eigenvalue weighted by molar-refractivity contribution is 6.31. The molecular weight excluding hydrogens is 242 g/mol. The number of nitrogens with two attached hydrogens (primary N) is 1. The third kappa shape index (κ3) is 2.75. The van der Waals surface area contributed by atoms with Crippen LogP contribution in [0.3, 0.4) is 0 Å². The molecule has 0 atom stereocenters. The van der Waals surface area contributed by atoms with Crippen LogP contribution in [0.5, 0.6) is 5.75 Å². The maximum Gasteiger partial charge on any atom is 0.264 e. The van der Waals surface area contributed by atoms with Gasteiger partial charge in [0.15, 0.2) is 12.4 Å². The van der Waals surface area contributed by atoms with Gasteiger partial charge >= 0.3 is 0 Å². The Bertz CT molecular complexity index is 513. The largest absolute Gasteiger partial charge is 0.483 e. The van der Waals surface area contributed by atoms with Crippen LogP contribution >= 0.6 is 11.6 Å². The average molecular weight is 254 g/mol. The molecule has 0 spiro atoms. The molecular formula is C11H12ClN3O2. The molecule has 0 unspecified atom stereocenters. The molecule has 1 aromatic carbocycles. The van der Waals surface area contributed by atoms with E-state index in [9.17, 15) is 0 Å². The summed E-state index contributed by atoms with van der Waals surface area (Å²) in [5.41, 5.74) is 6.38. The number of hydrogen-bond donors (Lipinski definition) is 1. The van der Waals surface area contributed by atoms with Crippen LogP contribution in [-0.2, 0) is 13.2 Å². The lowest BCUT2D eigenvalue weighted by atomic mass is 10.2. The van der Waals surface area contributed by atoms with Crippen molar-refractivity contribution < 1.29 is 9.26 Å². The van der Waals surface area contributed by atoms with Gasteiger partial charge in [0.1, 0.15) is 5.75 Å². The fraction of sp³-hybridized carbons (Fsp3) is 0.273. The number of aromatic nitrogens is 2. The standard InChI is InChI=1S/C11H12ClN3O2/c1-7-14-11(17-15-7)6-16-10-4-2-3-9(12)8(10)5-13/h2-4H,5-6,13H2,1H3. The fourth-order valence-corrected chi connectivity index (χ4v) is 1.65. The number of ether oxygens (including phenoxy) is 1. The first-order valence-electron chi connectivity index (χ1n) is 5.10. The summed E-state index contributed by atoms with van der Waals surface area (Å²) in [6, 6.07) is 5.38. The van der Waals surface area contributed by atoms with Crippen molar-refractivity contribution >= 4 is 11.6 Å². The fourth-order valence-electron chi connectivity index (χ4n) is 1.41. The lowest BCUT2D eigenvalue weighted by Crippen LogP contribution is -2.03. The molecule has 0 fully saturated rings. The summed E-state index contributed by atoms with van der Waals surface area (Å²) < 4.78 is 10.5. The van der Waals surface area contributed by atoms with E-state index in [0.717, 1.165) is 5.56 Å². The molecule has 0 aliphatic carbocycles. The maximum absolute atomic E-state index is 6.00. The van der Waals surface area contributed by atoms with Crippen molar-refractivity contribution in [3.8, 4) is 5.75 Å². The molecule has 1 aromatic heterocycles. The van der Waals surface area contributed by atoms with E-state index in [1.165, 1.54) is 0 Å². The second kappa shape index (κ2) is 5.16. The van der Waals surface area contributed by atoms with Crippen LogP contribution < -0.4 is 10.5 Å². The van der Waals surface area contributed by atoms with Crippen LogP contribution in [0.4, 0.5) is 0 Å². The van der Waals surface area contributed by atoms with E-state index in [1.807, 2.05) is 0 Å². The lowest BCUT2D eigenvalue weighted by Gasteiger charge is -2.09. The Hall–Kier alpha value is -1.59. The summed E-state index contributed by atoms with van der Waals surface area (Å²) in [5.74, 6) is 1.63. The molecule has 0 amide bonds. The number of nitrogens with zero attached hydrogens (tertiary/aromatic N) is 2. The molecule has 0 radical (unpaired) electrons. The first-order valence-corrected chi connectivity index (χ1v) is 5.48. The molecule has 5 nitrogen and oxygen atoms in total. The quantitative estimate of drug-likeness (QED) is 0.903. The van der Waals surface area contributed by atoms with Crippen molar-refractivity contribution in [3.63, 3.8) is 0 Å². The van der Waals surface area contributed by atoms with Crippen molar-refractivity contribution in [2.45, 2.75) is 20.1 Å². The highest BCUT2D eigenvalue weighted by Gasteiger charge is 2.08. The number of halogens is 1. The molecule has 0 aliphatic rings. The Kier molecular flexibility index (Phi) is 3.61. The van der Waals surface area contributed by atoms with Gasteiger partial charge in [-0.25, -0.2) is 0 Å². The summed E-state index contributed by atoms with van der Waals surface area (Å²) in [6.45, 7) is 2.27. The Labute approximate surface area is 104 Å². The number of benzene rings is 1. The molecule has 0 saturated heterocycles. The molecule has 2 rings (SSSR count). The molecule has 0 bridgehead atoms. The summed E-state index contributed by atoms with van der Waals surface area (Å²) in [4.78, 5) is 4.04. The van der Waals surface area contributed by atoms with Crippen LogP contribution in [-0.4, -0.2) is 10.1 Å². The molecule has 17 heavy (non-hydrogen) atoms. The lowest BCUT2D eigenvalue weighted by molar-refractivity contribution is 0.241. The highest BCUT2D eigenvalue weighted by atomic mass is 35.5. The second-order valence-electron chi connectivity index (χ2n) is 3.44. The number of rotatable bonds is 4. The van der Waals surface area contributed by atoms with Crippen LogP contribution in [0.2, 0.25) is 5.02 Å². The number of aryl methyl sites for hydroxylation is 1. The molecule has 90 valence electrons. The van der Waals surface area contributed by atoms with Crippen molar-refractivity contribution in [1.82, 2.24) is 10.1 Å². The van der Waals surface area contributed by atoms with E-state index in [-0.39, 0.29) is 6.61 Å². The molecule has 0 aliphatic heterocycles. The van der Waals surface area contributed by atoms with E-state index in [4.69, 9.17) is 26.6 Å². The van der Waals surface area contributed by atoms with Crippen LogP contribution in [0.1, 0.15) is 17.3 Å². The molecule has 0 saturated carbocycles. The predicted molar refractivity (Wildman–Crippen MR) is 62.7 cm³/mol. The first-order chi connectivity index (χ1) is 8.20. The minimum Gasteiger partial charge on any atom is -0.483 e. The zero-order chi connectivity index (χ0) is 12.3. The zero-order valence-electron chi connectivity index (χ0n) is 9.31. The molecule has 1 heterocycles. The maximum atomic E-state index is 6.00. The minimum atomic E-state index is 0.203. The number of hydrogen-bond acceptors (Lipinski definition) is 5. The highest BCUT2D eigenvalue weighted by Crippen LogP contribution is 2.26. The van der Waals surface area contributed by atoms with Gasteiger partial charge in [-0.2, -0.15) is 4.98 Å². The van der Waals surface area contributed by atoms with Crippen LogP contribution in [0.25, 0.3) is 0 Å². The summed E-state index contributed by atoms with van der Waals surface area (Å²) in [7, 11) is 0. The van der Waals surface area contributed by atoms with Gasteiger partial charge in [0.25, 0.3) is 5.89 Å². The smallest absolute Gasteiger partial charge is 0.264 e. The summed E-state index contributed by atoms with van der Waals surface area (Å²) in [5, 5.41) is 4.26. The third-order valence-electron chi connectivity index (χ3n) is 2.20. The molecule has 6 heteroatoms. The summed E-state index contributed by atoms with van der Waals surface area (Å²) in [6.07, 6.45) is 0. The van der Waals surface area contributed by atoms with E-state index in [1.54, 1.807) is 25.1 Å². The second-order valence-corrected chi connectivity index (χ2v) is 3.85. The van der Waals surface area contributed by atoms with Crippen molar-refractivity contribution in [3.05, 3.63) is 40.5 Å². The molecule has 2 aromatic rings.